The first-order valence-electron chi connectivity index (χ1n) is 6.31. The lowest BCUT2D eigenvalue weighted by atomic mass is 9.93. The highest BCUT2D eigenvalue weighted by Crippen LogP contribution is 2.24. The third kappa shape index (κ3) is 3.67. The first kappa shape index (κ1) is 13.8. The highest BCUT2D eigenvalue weighted by atomic mass is 32.2. The molecule has 1 aliphatic rings. The van der Waals surface area contributed by atoms with Gasteiger partial charge in [-0.15, -0.1) is 0 Å². The van der Waals surface area contributed by atoms with Gasteiger partial charge in [0.15, 0.2) is 0 Å². The molecule has 0 aromatic rings. The number of nitrogens with one attached hydrogen (secondary N) is 1. The summed E-state index contributed by atoms with van der Waals surface area (Å²) in [5.74, 6) is 1.25. The Morgan fingerprint density at radius 1 is 1.44 bits per heavy atom. The number of rotatable bonds is 5. The molecule has 1 aliphatic heterocycles. The number of carbonyl (C=O) groups excluding carboxylic acids is 1. The first-order valence-corrected chi connectivity index (χ1v) is 7.36. The van der Waals surface area contributed by atoms with Gasteiger partial charge in [0.2, 0.25) is 5.91 Å². The van der Waals surface area contributed by atoms with Crippen LogP contribution in [0.25, 0.3) is 0 Å². The fourth-order valence-electron chi connectivity index (χ4n) is 1.92. The van der Waals surface area contributed by atoms with E-state index in [2.05, 4.69) is 5.32 Å². The van der Waals surface area contributed by atoms with Crippen molar-refractivity contribution in [1.29, 1.82) is 0 Å². The second kappa shape index (κ2) is 6.50. The third-order valence-electron chi connectivity index (χ3n) is 3.48. The fourth-order valence-corrected chi connectivity index (χ4v) is 3.16. The van der Waals surface area contributed by atoms with Gasteiger partial charge in [-0.2, -0.15) is 11.8 Å². The SMILES string of the molecule is CCC(N)(CC)C(=O)NCC1CCCCS1. The first-order chi connectivity index (χ1) is 7.62. The Kier molecular flexibility index (Phi) is 5.62. The number of amides is 1. The zero-order chi connectivity index (χ0) is 12.0. The summed E-state index contributed by atoms with van der Waals surface area (Å²) >= 11 is 1.98. The number of hydrogen-bond donors (Lipinski definition) is 2. The Bertz CT molecular complexity index is 223. The van der Waals surface area contributed by atoms with Crippen molar-refractivity contribution in [2.75, 3.05) is 12.3 Å². The molecule has 3 nitrogen and oxygen atoms in total. The zero-order valence-corrected chi connectivity index (χ0v) is 11.2. The smallest absolute Gasteiger partial charge is 0.240 e. The van der Waals surface area contributed by atoms with Crippen LogP contribution in [0.15, 0.2) is 0 Å². The Morgan fingerprint density at radius 3 is 2.62 bits per heavy atom. The standard InChI is InChI=1S/C12H24N2OS/c1-3-12(13,4-2)11(15)14-9-10-7-5-6-8-16-10/h10H,3-9,13H2,1-2H3,(H,14,15). The molecule has 0 aromatic heterocycles. The molecule has 0 spiro atoms. The molecule has 4 heteroatoms. The Balaban J connectivity index is 2.33. The van der Waals surface area contributed by atoms with Crippen LogP contribution in [0.1, 0.15) is 46.0 Å². The summed E-state index contributed by atoms with van der Waals surface area (Å²) in [6, 6.07) is 0. The topological polar surface area (TPSA) is 55.1 Å². The maximum absolute atomic E-state index is 11.9. The average Bonchev–Trinajstić information content (AvgIpc) is 2.36. The normalized spacial score (nSPS) is 21.8. The molecule has 1 heterocycles. The minimum absolute atomic E-state index is 0.0173. The Labute approximate surface area is 103 Å². The molecular formula is C12H24N2OS. The van der Waals surface area contributed by atoms with Crippen LogP contribution in [0.4, 0.5) is 0 Å². The lowest BCUT2D eigenvalue weighted by Crippen LogP contribution is -2.54. The molecule has 16 heavy (non-hydrogen) atoms. The van der Waals surface area contributed by atoms with Gasteiger partial charge in [0.05, 0.1) is 5.54 Å². The van der Waals surface area contributed by atoms with E-state index >= 15 is 0 Å². The molecule has 0 aliphatic carbocycles. The fraction of sp³-hybridized carbons (Fsp3) is 0.917. The highest BCUT2D eigenvalue weighted by molar-refractivity contribution is 7.99. The maximum atomic E-state index is 11.9. The molecule has 1 amide bonds. The van der Waals surface area contributed by atoms with Crippen molar-refractivity contribution in [1.82, 2.24) is 5.32 Å². The van der Waals surface area contributed by atoms with Gasteiger partial charge in [-0.05, 0) is 31.4 Å². The van der Waals surface area contributed by atoms with Crippen molar-refractivity contribution >= 4 is 17.7 Å². The summed E-state index contributed by atoms with van der Waals surface area (Å²) in [6.07, 6.45) is 5.24. The van der Waals surface area contributed by atoms with Gasteiger partial charge in [-0.25, -0.2) is 0 Å². The highest BCUT2D eigenvalue weighted by Gasteiger charge is 2.30. The van der Waals surface area contributed by atoms with Gasteiger partial charge in [0, 0.05) is 11.8 Å². The predicted octanol–water partition coefficient (Wildman–Crippen LogP) is 1.91. The molecular weight excluding hydrogens is 220 g/mol. The number of carbonyl (C=O) groups is 1. The molecule has 94 valence electrons. The predicted molar refractivity (Wildman–Crippen MR) is 70.6 cm³/mol. The van der Waals surface area contributed by atoms with Crippen LogP contribution in [-0.2, 0) is 4.79 Å². The van der Waals surface area contributed by atoms with E-state index in [0.29, 0.717) is 18.1 Å². The van der Waals surface area contributed by atoms with E-state index in [-0.39, 0.29) is 5.91 Å². The molecule has 0 radical (unpaired) electrons. The van der Waals surface area contributed by atoms with Crippen LogP contribution in [0.2, 0.25) is 0 Å². The number of nitrogens with two attached hydrogens (primary N) is 1. The van der Waals surface area contributed by atoms with Gasteiger partial charge >= 0.3 is 0 Å². The van der Waals surface area contributed by atoms with E-state index in [1.807, 2.05) is 25.6 Å². The van der Waals surface area contributed by atoms with E-state index in [0.717, 1.165) is 6.54 Å². The van der Waals surface area contributed by atoms with E-state index in [9.17, 15) is 4.79 Å². The van der Waals surface area contributed by atoms with Gasteiger partial charge in [0.25, 0.3) is 0 Å². The van der Waals surface area contributed by atoms with Crippen molar-refractivity contribution in [3.05, 3.63) is 0 Å². The summed E-state index contributed by atoms with van der Waals surface area (Å²) in [7, 11) is 0. The average molecular weight is 244 g/mol. The van der Waals surface area contributed by atoms with Crippen molar-refractivity contribution in [3.8, 4) is 0 Å². The lowest BCUT2D eigenvalue weighted by molar-refractivity contribution is -0.126. The molecule has 0 aromatic carbocycles. The molecule has 0 saturated carbocycles. The number of hydrogen-bond acceptors (Lipinski definition) is 3. The van der Waals surface area contributed by atoms with E-state index < -0.39 is 5.54 Å². The van der Waals surface area contributed by atoms with Crippen LogP contribution >= 0.6 is 11.8 Å². The molecule has 1 atom stereocenters. The summed E-state index contributed by atoms with van der Waals surface area (Å²) < 4.78 is 0. The third-order valence-corrected chi connectivity index (χ3v) is 4.88. The van der Waals surface area contributed by atoms with Crippen molar-refractivity contribution in [2.24, 2.45) is 5.73 Å². The van der Waals surface area contributed by atoms with Crippen LogP contribution < -0.4 is 11.1 Å². The van der Waals surface area contributed by atoms with Crippen molar-refractivity contribution in [2.45, 2.75) is 56.7 Å². The van der Waals surface area contributed by atoms with Gasteiger partial charge < -0.3 is 11.1 Å². The van der Waals surface area contributed by atoms with Crippen LogP contribution in [0, 0.1) is 0 Å². The van der Waals surface area contributed by atoms with E-state index in [4.69, 9.17) is 5.73 Å². The molecule has 1 unspecified atom stereocenters. The minimum Gasteiger partial charge on any atom is -0.353 e. The maximum Gasteiger partial charge on any atom is 0.240 e. The monoisotopic (exact) mass is 244 g/mol. The zero-order valence-electron chi connectivity index (χ0n) is 10.4. The van der Waals surface area contributed by atoms with Gasteiger partial charge in [-0.1, -0.05) is 20.3 Å². The van der Waals surface area contributed by atoms with Crippen molar-refractivity contribution in [3.63, 3.8) is 0 Å². The second-order valence-corrected chi connectivity index (χ2v) is 5.97. The Morgan fingerprint density at radius 2 is 2.12 bits per heavy atom. The van der Waals surface area contributed by atoms with Gasteiger partial charge in [-0.3, -0.25) is 4.79 Å². The molecule has 1 saturated heterocycles. The summed E-state index contributed by atoms with van der Waals surface area (Å²) in [5, 5.41) is 3.60. The van der Waals surface area contributed by atoms with Gasteiger partial charge in [0.1, 0.15) is 0 Å². The van der Waals surface area contributed by atoms with Crippen LogP contribution in [0.3, 0.4) is 0 Å². The van der Waals surface area contributed by atoms with E-state index in [1.165, 1.54) is 25.0 Å². The summed E-state index contributed by atoms with van der Waals surface area (Å²) in [5.41, 5.74) is 5.37. The van der Waals surface area contributed by atoms with Crippen LogP contribution in [0.5, 0.6) is 0 Å². The quantitative estimate of drug-likeness (QED) is 0.776. The summed E-state index contributed by atoms with van der Waals surface area (Å²) in [6.45, 7) is 4.72. The molecule has 1 fully saturated rings. The molecule has 0 bridgehead atoms. The Hall–Kier alpha value is -0.220. The second-order valence-electron chi connectivity index (χ2n) is 4.56. The molecule has 1 rings (SSSR count). The molecule has 3 N–H and O–H groups in total. The largest absolute Gasteiger partial charge is 0.353 e. The summed E-state index contributed by atoms with van der Waals surface area (Å²) in [4.78, 5) is 11.9. The van der Waals surface area contributed by atoms with Crippen molar-refractivity contribution < 1.29 is 4.79 Å². The number of thioether (sulfide) groups is 1. The van der Waals surface area contributed by atoms with E-state index in [1.54, 1.807) is 0 Å². The van der Waals surface area contributed by atoms with Crippen LogP contribution in [-0.4, -0.2) is 29.0 Å². The lowest BCUT2D eigenvalue weighted by Gasteiger charge is -2.27. The minimum atomic E-state index is -0.667.